The summed E-state index contributed by atoms with van der Waals surface area (Å²) in [6.07, 6.45) is 0. The van der Waals surface area contributed by atoms with Crippen molar-refractivity contribution in [2.45, 2.75) is 6.54 Å². The molecule has 5 heteroatoms. The number of hydrogen-bond donors (Lipinski definition) is 2. The number of likely N-dealkylation sites (N-methyl/N-ethyl adjacent to an activating group) is 1. The lowest BCUT2D eigenvalue weighted by Gasteiger charge is -2.09. The Morgan fingerprint density at radius 3 is 2.52 bits per heavy atom. The molecule has 1 aromatic heterocycles. The Morgan fingerprint density at radius 1 is 1.19 bits per heavy atom. The van der Waals surface area contributed by atoms with E-state index in [2.05, 4.69) is 10.2 Å². The fourth-order valence-corrected chi connectivity index (χ4v) is 1.92. The Morgan fingerprint density at radius 2 is 1.90 bits per heavy atom. The van der Waals surface area contributed by atoms with Gasteiger partial charge in [0, 0.05) is 18.7 Å². The van der Waals surface area contributed by atoms with E-state index in [0.29, 0.717) is 6.54 Å². The first-order valence-electron chi connectivity index (χ1n) is 6.84. The van der Waals surface area contributed by atoms with Crippen molar-refractivity contribution in [1.82, 2.24) is 10.2 Å². The molecule has 0 atom stereocenters. The van der Waals surface area contributed by atoms with Gasteiger partial charge < -0.3 is 19.7 Å². The van der Waals surface area contributed by atoms with Crippen molar-refractivity contribution in [2.75, 3.05) is 27.2 Å². The van der Waals surface area contributed by atoms with Crippen LogP contribution >= 0.6 is 0 Å². The highest BCUT2D eigenvalue weighted by molar-refractivity contribution is 5.88. The highest BCUT2D eigenvalue weighted by Gasteiger charge is 2.07. The second-order valence-electron chi connectivity index (χ2n) is 5.13. The maximum atomic E-state index is 10.8. The van der Waals surface area contributed by atoms with Gasteiger partial charge in [0.1, 0.15) is 11.5 Å². The van der Waals surface area contributed by atoms with Crippen LogP contribution in [0.4, 0.5) is 0 Å². The Labute approximate surface area is 124 Å². The van der Waals surface area contributed by atoms with Gasteiger partial charge in [-0.2, -0.15) is 0 Å². The molecule has 0 saturated heterocycles. The average molecular weight is 288 g/mol. The Bertz CT molecular complexity index is 588. The van der Waals surface area contributed by atoms with E-state index in [1.54, 1.807) is 24.3 Å². The molecule has 0 amide bonds. The van der Waals surface area contributed by atoms with E-state index in [1.165, 1.54) is 0 Å². The number of hydrogen-bond acceptors (Lipinski definition) is 4. The predicted octanol–water partition coefficient (Wildman–Crippen LogP) is 2.30. The average Bonchev–Trinajstić information content (AvgIpc) is 2.92. The monoisotopic (exact) mass is 288 g/mol. The summed E-state index contributed by atoms with van der Waals surface area (Å²) in [7, 11) is 4.07. The van der Waals surface area contributed by atoms with Crippen molar-refractivity contribution >= 4 is 5.97 Å². The first-order chi connectivity index (χ1) is 10.1. The van der Waals surface area contributed by atoms with E-state index in [1.807, 2.05) is 26.2 Å². The van der Waals surface area contributed by atoms with Crippen molar-refractivity contribution in [2.24, 2.45) is 0 Å². The summed E-state index contributed by atoms with van der Waals surface area (Å²) in [5.74, 6) is 0.689. The van der Waals surface area contributed by atoms with Crippen LogP contribution in [0.25, 0.3) is 11.3 Å². The Hall–Kier alpha value is -2.11. The minimum absolute atomic E-state index is 0.274. The van der Waals surface area contributed by atoms with Crippen molar-refractivity contribution in [3.05, 3.63) is 47.7 Å². The SMILES string of the molecule is CN(C)CCNCc1ccc(-c2ccc(C(=O)O)cc2)o1. The van der Waals surface area contributed by atoms with Gasteiger partial charge in [-0.3, -0.25) is 0 Å². The number of carboxylic acids is 1. The molecule has 5 nitrogen and oxygen atoms in total. The summed E-state index contributed by atoms with van der Waals surface area (Å²) < 4.78 is 5.75. The normalized spacial score (nSPS) is 11.0. The molecule has 21 heavy (non-hydrogen) atoms. The van der Waals surface area contributed by atoms with Crippen LogP contribution in [0.3, 0.4) is 0 Å². The van der Waals surface area contributed by atoms with Crippen molar-refractivity contribution in [3.63, 3.8) is 0 Å². The molecular weight excluding hydrogens is 268 g/mol. The summed E-state index contributed by atoms with van der Waals surface area (Å²) in [5.41, 5.74) is 1.15. The van der Waals surface area contributed by atoms with Crippen LogP contribution in [0.2, 0.25) is 0 Å². The lowest BCUT2D eigenvalue weighted by Crippen LogP contribution is -2.25. The Kier molecular flexibility index (Phi) is 5.14. The molecule has 2 rings (SSSR count). The van der Waals surface area contributed by atoms with Crippen molar-refractivity contribution in [1.29, 1.82) is 0 Å². The van der Waals surface area contributed by atoms with Gasteiger partial charge in [-0.25, -0.2) is 4.79 Å². The van der Waals surface area contributed by atoms with Gasteiger partial charge in [0.25, 0.3) is 0 Å². The van der Waals surface area contributed by atoms with Gasteiger partial charge in [-0.15, -0.1) is 0 Å². The predicted molar refractivity (Wildman–Crippen MR) is 81.4 cm³/mol. The summed E-state index contributed by atoms with van der Waals surface area (Å²) in [6.45, 7) is 2.56. The van der Waals surface area contributed by atoms with E-state index in [-0.39, 0.29) is 5.56 Å². The molecule has 0 aliphatic rings. The summed E-state index contributed by atoms with van der Waals surface area (Å²) in [6, 6.07) is 10.5. The highest BCUT2D eigenvalue weighted by Crippen LogP contribution is 2.22. The zero-order valence-corrected chi connectivity index (χ0v) is 12.3. The number of furan rings is 1. The van der Waals surface area contributed by atoms with Gasteiger partial charge in [-0.1, -0.05) is 12.1 Å². The second-order valence-corrected chi connectivity index (χ2v) is 5.13. The molecule has 0 bridgehead atoms. The van der Waals surface area contributed by atoms with Crippen LogP contribution in [0.15, 0.2) is 40.8 Å². The number of benzene rings is 1. The molecule has 0 fully saturated rings. The molecule has 0 unspecified atom stereocenters. The third-order valence-corrected chi connectivity index (χ3v) is 3.11. The van der Waals surface area contributed by atoms with Crippen LogP contribution in [0.5, 0.6) is 0 Å². The van der Waals surface area contributed by atoms with E-state index in [0.717, 1.165) is 30.2 Å². The third-order valence-electron chi connectivity index (χ3n) is 3.11. The summed E-state index contributed by atoms with van der Waals surface area (Å²) in [4.78, 5) is 12.9. The van der Waals surface area contributed by atoms with Crippen molar-refractivity contribution < 1.29 is 14.3 Å². The number of nitrogens with zero attached hydrogens (tertiary/aromatic N) is 1. The number of rotatable bonds is 7. The highest BCUT2D eigenvalue weighted by atomic mass is 16.4. The fourth-order valence-electron chi connectivity index (χ4n) is 1.92. The number of carboxylic acid groups (broad SMARTS) is 1. The maximum absolute atomic E-state index is 10.8. The molecule has 0 spiro atoms. The quantitative estimate of drug-likeness (QED) is 0.765. The maximum Gasteiger partial charge on any atom is 0.335 e. The third kappa shape index (κ3) is 4.44. The first-order valence-corrected chi connectivity index (χ1v) is 6.84. The van der Waals surface area contributed by atoms with E-state index < -0.39 is 5.97 Å². The molecule has 2 N–H and O–H groups in total. The standard InChI is InChI=1S/C16H20N2O3/c1-18(2)10-9-17-11-14-7-8-15(21-14)12-3-5-13(6-4-12)16(19)20/h3-8,17H,9-11H2,1-2H3,(H,19,20). The molecule has 112 valence electrons. The molecule has 2 aromatic rings. The zero-order valence-electron chi connectivity index (χ0n) is 12.3. The summed E-state index contributed by atoms with van der Waals surface area (Å²) in [5, 5.41) is 12.2. The Balaban J connectivity index is 1.94. The van der Waals surface area contributed by atoms with Crippen LogP contribution in [0, 0.1) is 0 Å². The fraction of sp³-hybridized carbons (Fsp3) is 0.312. The number of aromatic carboxylic acids is 1. The lowest BCUT2D eigenvalue weighted by atomic mass is 10.1. The lowest BCUT2D eigenvalue weighted by molar-refractivity contribution is 0.0697. The van der Waals surface area contributed by atoms with E-state index in [9.17, 15) is 4.79 Å². The molecule has 0 aliphatic carbocycles. The van der Waals surface area contributed by atoms with Gasteiger partial charge in [-0.05, 0) is 38.4 Å². The van der Waals surface area contributed by atoms with E-state index >= 15 is 0 Å². The van der Waals surface area contributed by atoms with Gasteiger partial charge in [0.05, 0.1) is 12.1 Å². The molecule has 1 aromatic carbocycles. The minimum Gasteiger partial charge on any atom is -0.478 e. The second kappa shape index (κ2) is 7.06. The van der Waals surface area contributed by atoms with E-state index in [4.69, 9.17) is 9.52 Å². The molecule has 1 heterocycles. The van der Waals surface area contributed by atoms with Gasteiger partial charge >= 0.3 is 5.97 Å². The molecule has 0 saturated carbocycles. The largest absolute Gasteiger partial charge is 0.478 e. The van der Waals surface area contributed by atoms with Gasteiger partial charge in [0.2, 0.25) is 0 Å². The molecule has 0 aliphatic heterocycles. The molecule has 0 radical (unpaired) electrons. The van der Waals surface area contributed by atoms with Crippen LogP contribution in [0.1, 0.15) is 16.1 Å². The van der Waals surface area contributed by atoms with Crippen LogP contribution < -0.4 is 5.32 Å². The summed E-state index contributed by atoms with van der Waals surface area (Å²) >= 11 is 0. The number of nitrogens with one attached hydrogen (secondary N) is 1. The smallest absolute Gasteiger partial charge is 0.335 e. The van der Waals surface area contributed by atoms with Crippen LogP contribution in [-0.2, 0) is 6.54 Å². The van der Waals surface area contributed by atoms with Gasteiger partial charge in [0.15, 0.2) is 0 Å². The first kappa shape index (κ1) is 15.3. The topological polar surface area (TPSA) is 65.7 Å². The number of carbonyl (C=O) groups is 1. The van der Waals surface area contributed by atoms with Crippen molar-refractivity contribution in [3.8, 4) is 11.3 Å². The minimum atomic E-state index is -0.924. The molecular formula is C16H20N2O3. The van der Waals surface area contributed by atoms with Crippen LogP contribution in [-0.4, -0.2) is 43.2 Å². The zero-order chi connectivity index (χ0) is 15.2.